The number of benzene rings is 1. The molecule has 2 rings (SSSR count). The summed E-state index contributed by atoms with van der Waals surface area (Å²) in [5, 5.41) is 5.64. The van der Waals surface area contributed by atoms with Gasteiger partial charge in [0.15, 0.2) is 0 Å². The third-order valence-electron chi connectivity index (χ3n) is 3.17. The number of carbonyl (C=O) groups excluding carboxylic acids is 2. The van der Waals surface area contributed by atoms with Gasteiger partial charge < -0.3 is 10.6 Å². The molecule has 0 atom stereocenters. The molecule has 0 fully saturated rings. The average Bonchev–Trinajstić information content (AvgIpc) is 2.49. The molecule has 2 amide bonds. The molecule has 0 aliphatic heterocycles. The van der Waals surface area contributed by atoms with E-state index in [0.717, 1.165) is 10.0 Å². The van der Waals surface area contributed by atoms with Crippen molar-refractivity contribution in [2.24, 2.45) is 0 Å². The summed E-state index contributed by atoms with van der Waals surface area (Å²) in [7, 11) is 0. The lowest BCUT2D eigenvalue weighted by atomic mass is 10.1. The molecular formula is C18H20BrN3O2. The third kappa shape index (κ3) is 4.89. The minimum Gasteiger partial charge on any atom is -0.346 e. The standard InChI is InChI=1S/C18H20BrN3O2/c1-11-5-6-13(10-14(11)19)21-16(23)12-7-8-20-15(9-12)17(24)22-18(2,3)4/h5-10H,1-4H3,(H,21,23)(H,22,24). The van der Waals surface area contributed by atoms with E-state index in [1.54, 1.807) is 6.07 Å². The van der Waals surface area contributed by atoms with Crippen molar-refractivity contribution < 1.29 is 9.59 Å². The SMILES string of the molecule is Cc1ccc(NC(=O)c2ccnc(C(=O)NC(C)(C)C)c2)cc1Br. The van der Waals surface area contributed by atoms with Gasteiger partial charge in [-0.3, -0.25) is 14.6 Å². The maximum Gasteiger partial charge on any atom is 0.270 e. The minimum absolute atomic E-state index is 0.211. The van der Waals surface area contributed by atoms with Crippen molar-refractivity contribution >= 4 is 33.4 Å². The number of nitrogens with zero attached hydrogens (tertiary/aromatic N) is 1. The quantitative estimate of drug-likeness (QED) is 0.834. The van der Waals surface area contributed by atoms with Crippen molar-refractivity contribution in [2.45, 2.75) is 33.2 Å². The van der Waals surface area contributed by atoms with Gasteiger partial charge >= 0.3 is 0 Å². The molecule has 1 aromatic heterocycles. The number of aryl methyl sites for hydroxylation is 1. The Morgan fingerprint density at radius 2 is 1.79 bits per heavy atom. The maximum atomic E-state index is 12.4. The lowest BCUT2D eigenvalue weighted by molar-refractivity contribution is 0.0914. The normalized spacial score (nSPS) is 11.0. The highest BCUT2D eigenvalue weighted by molar-refractivity contribution is 9.10. The Labute approximate surface area is 150 Å². The van der Waals surface area contributed by atoms with Crippen LogP contribution in [0.15, 0.2) is 41.0 Å². The Hall–Kier alpha value is -2.21. The molecule has 0 bridgehead atoms. The van der Waals surface area contributed by atoms with Crippen LogP contribution in [-0.4, -0.2) is 22.3 Å². The number of hydrogen-bond acceptors (Lipinski definition) is 3. The second kappa shape index (κ2) is 7.13. The first-order chi connectivity index (χ1) is 11.2. The lowest BCUT2D eigenvalue weighted by Crippen LogP contribution is -2.41. The second-order valence-corrected chi connectivity index (χ2v) is 7.41. The van der Waals surface area contributed by atoms with Crippen LogP contribution in [0.2, 0.25) is 0 Å². The molecule has 0 radical (unpaired) electrons. The molecular weight excluding hydrogens is 370 g/mol. The Morgan fingerprint density at radius 3 is 2.42 bits per heavy atom. The van der Waals surface area contributed by atoms with Crippen LogP contribution in [0.1, 0.15) is 47.2 Å². The van der Waals surface area contributed by atoms with E-state index in [2.05, 4.69) is 31.5 Å². The predicted molar refractivity (Wildman–Crippen MR) is 98.3 cm³/mol. The fourth-order valence-corrected chi connectivity index (χ4v) is 2.35. The largest absolute Gasteiger partial charge is 0.346 e. The summed E-state index contributed by atoms with van der Waals surface area (Å²) in [6, 6.07) is 8.63. The van der Waals surface area contributed by atoms with E-state index < -0.39 is 0 Å². The van der Waals surface area contributed by atoms with Gasteiger partial charge in [-0.15, -0.1) is 0 Å². The summed E-state index contributed by atoms with van der Waals surface area (Å²) in [4.78, 5) is 28.6. The van der Waals surface area contributed by atoms with Crippen LogP contribution in [-0.2, 0) is 0 Å². The molecule has 0 aliphatic carbocycles. The molecule has 2 aromatic rings. The highest BCUT2D eigenvalue weighted by Crippen LogP contribution is 2.21. The monoisotopic (exact) mass is 389 g/mol. The first-order valence-electron chi connectivity index (χ1n) is 7.52. The number of halogens is 1. The number of aromatic nitrogens is 1. The van der Waals surface area contributed by atoms with E-state index in [-0.39, 0.29) is 23.0 Å². The van der Waals surface area contributed by atoms with Gasteiger partial charge in [0, 0.05) is 27.5 Å². The lowest BCUT2D eigenvalue weighted by Gasteiger charge is -2.20. The van der Waals surface area contributed by atoms with Crippen LogP contribution in [0.25, 0.3) is 0 Å². The van der Waals surface area contributed by atoms with Crippen molar-refractivity contribution in [3.05, 3.63) is 57.8 Å². The number of nitrogens with one attached hydrogen (secondary N) is 2. The Morgan fingerprint density at radius 1 is 1.08 bits per heavy atom. The van der Waals surface area contributed by atoms with Crippen LogP contribution in [0.3, 0.4) is 0 Å². The fourth-order valence-electron chi connectivity index (χ4n) is 1.97. The highest BCUT2D eigenvalue weighted by atomic mass is 79.9. The zero-order valence-corrected chi connectivity index (χ0v) is 15.7. The first-order valence-corrected chi connectivity index (χ1v) is 8.31. The molecule has 6 heteroatoms. The van der Waals surface area contributed by atoms with Crippen molar-refractivity contribution in [3.63, 3.8) is 0 Å². The molecule has 0 unspecified atom stereocenters. The number of amides is 2. The van der Waals surface area contributed by atoms with Gasteiger partial charge in [-0.1, -0.05) is 22.0 Å². The summed E-state index contributed by atoms with van der Waals surface area (Å²) >= 11 is 3.44. The fraction of sp³-hybridized carbons (Fsp3) is 0.278. The van der Waals surface area contributed by atoms with E-state index in [9.17, 15) is 9.59 Å². The molecule has 1 heterocycles. The molecule has 2 N–H and O–H groups in total. The molecule has 126 valence electrons. The van der Waals surface area contributed by atoms with Gasteiger partial charge in [0.2, 0.25) is 0 Å². The van der Waals surface area contributed by atoms with Crippen LogP contribution in [0, 0.1) is 6.92 Å². The summed E-state index contributed by atoms with van der Waals surface area (Å²) in [5.74, 6) is -0.604. The molecule has 0 spiro atoms. The van der Waals surface area contributed by atoms with E-state index >= 15 is 0 Å². The zero-order valence-electron chi connectivity index (χ0n) is 14.1. The smallest absolute Gasteiger partial charge is 0.270 e. The van der Waals surface area contributed by atoms with Gasteiger partial charge in [-0.05, 0) is 57.5 Å². The number of pyridine rings is 1. The Balaban J connectivity index is 2.16. The van der Waals surface area contributed by atoms with E-state index in [1.165, 1.54) is 12.3 Å². The molecule has 1 aromatic carbocycles. The van der Waals surface area contributed by atoms with Gasteiger partial charge in [-0.25, -0.2) is 0 Å². The maximum absolute atomic E-state index is 12.4. The summed E-state index contributed by atoms with van der Waals surface area (Å²) < 4.78 is 0.917. The molecule has 0 saturated carbocycles. The Kier molecular flexibility index (Phi) is 5.39. The number of carbonyl (C=O) groups is 2. The molecule has 24 heavy (non-hydrogen) atoms. The van der Waals surface area contributed by atoms with E-state index in [0.29, 0.717) is 11.3 Å². The highest BCUT2D eigenvalue weighted by Gasteiger charge is 2.17. The van der Waals surface area contributed by atoms with Gasteiger partial charge in [0.1, 0.15) is 5.69 Å². The summed E-state index contributed by atoms with van der Waals surface area (Å²) in [5.41, 5.74) is 1.97. The van der Waals surface area contributed by atoms with Crippen LogP contribution in [0.5, 0.6) is 0 Å². The van der Waals surface area contributed by atoms with Crippen molar-refractivity contribution in [1.82, 2.24) is 10.3 Å². The average molecular weight is 390 g/mol. The number of rotatable bonds is 3. The molecule has 5 nitrogen and oxygen atoms in total. The molecule has 0 aliphatic rings. The third-order valence-corrected chi connectivity index (χ3v) is 4.03. The second-order valence-electron chi connectivity index (χ2n) is 6.55. The van der Waals surface area contributed by atoms with Crippen molar-refractivity contribution in [2.75, 3.05) is 5.32 Å². The zero-order chi connectivity index (χ0) is 17.9. The minimum atomic E-state index is -0.370. The number of hydrogen-bond donors (Lipinski definition) is 2. The Bertz CT molecular complexity index is 782. The van der Waals surface area contributed by atoms with Gasteiger partial charge in [0.25, 0.3) is 11.8 Å². The van der Waals surface area contributed by atoms with E-state index in [4.69, 9.17) is 0 Å². The van der Waals surface area contributed by atoms with Crippen LogP contribution in [0.4, 0.5) is 5.69 Å². The van der Waals surface area contributed by atoms with Gasteiger partial charge in [0.05, 0.1) is 0 Å². The topological polar surface area (TPSA) is 71.1 Å². The van der Waals surface area contributed by atoms with Crippen molar-refractivity contribution in [3.8, 4) is 0 Å². The van der Waals surface area contributed by atoms with Crippen LogP contribution < -0.4 is 10.6 Å². The number of anilines is 1. The van der Waals surface area contributed by atoms with E-state index in [1.807, 2.05) is 45.9 Å². The first kappa shape index (κ1) is 18.1. The van der Waals surface area contributed by atoms with Gasteiger partial charge in [-0.2, -0.15) is 0 Å². The predicted octanol–water partition coefficient (Wildman–Crippen LogP) is 3.93. The molecule has 0 saturated heterocycles. The van der Waals surface area contributed by atoms with Crippen molar-refractivity contribution in [1.29, 1.82) is 0 Å². The van der Waals surface area contributed by atoms with Crippen LogP contribution >= 0.6 is 15.9 Å². The summed E-state index contributed by atoms with van der Waals surface area (Å²) in [6.45, 7) is 7.63. The summed E-state index contributed by atoms with van der Waals surface area (Å²) in [6.07, 6.45) is 1.46.